The number of aromatic nitrogens is 1. The summed E-state index contributed by atoms with van der Waals surface area (Å²) in [7, 11) is 0. The summed E-state index contributed by atoms with van der Waals surface area (Å²) >= 11 is 0. The van der Waals surface area contributed by atoms with Crippen LogP contribution >= 0.6 is 0 Å². The van der Waals surface area contributed by atoms with Gasteiger partial charge in [-0.2, -0.15) is 15.8 Å². The van der Waals surface area contributed by atoms with Gasteiger partial charge in [-0.1, -0.05) is 13.3 Å². The summed E-state index contributed by atoms with van der Waals surface area (Å²) in [6, 6.07) is 9.57. The van der Waals surface area contributed by atoms with E-state index >= 15 is 0 Å². The Balaban J connectivity index is 2.32. The van der Waals surface area contributed by atoms with Crippen molar-refractivity contribution in [3.63, 3.8) is 0 Å². The summed E-state index contributed by atoms with van der Waals surface area (Å²) < 4.78 is 11.7. The van der Waals surface area contributed by atoms with Gasteiger partial charge in [-0.15, -0.1) is 0 Å². The molecule has 0 aliphatic carbocycles. The van der Waals surface area contributed by atoms with Crippen molar-refractivity contribution in [2.45, 2.75) is 38.6 Å². The van der Waals surface area contributed by atoms with Gasteiger partial charge in [0.1, 0.15) is 6.10 Å². The number of H-pyrrole nitrogens is 1. The first-order valence-electron chi connectivity index (χ1n) is 7.78. The highest BCUT2D eigenvalue weighted by atomic mass is 16.7. The number of nitrogens with zero attached hydrogens (tertiary/aromatic N) is 3. The van der Waals surface area contributed by atoms with Crippen LogP contribution in [0, 0.1) is 56.2 Å². The van der Waals surface area contributed by atoms with E-state index in [1.165, 1.54) is 0 Å². The third-order valence-corrected chi connectivity index (χ3v) is 5.20. The molecule has 24 heavy (non-hydrogen) atoms. The molecular weight excluding hydrogens is 306 g/mol. The molecule has 0 spiro atoms. The highest BCUT2D eigenvalue weighted by Crippen LogP contribution is 2.67. The first-order chi connectivity index (χ1) is 11.5. The first kappa shape index (κ1) is 16.1. The molecule has 2 bridgehead atoms. The van der Waals surface area contributed by atoms with Crippen molar-refractivity contribution in [1.82, 2.24) is 4.98 Å². The van der Waals surface area contributed by atoms with E-state index in [1.54, 1.807) is 25.3 Å². The maximum atomic E-state index is 10.0. The third-order valence-electron chi connectivity index (χ3n) is 5.20. The van der Waals surface area contributed by atoms with Gasteiger partial charge in [0.25, 0.3) is 0 Å². The van der Waals surface area contributed by atoms with Crippen LogP contribution in [0.15, 0.2) is 18.3 Å². The number of hydrogen-bond acceptors (Lipinski definition) is 6. The Morgan fingerprint density at radius 3 is 2.50 bits per heavy atom. The fourth-order valence-corrected chi connectivity index (χ4v) is 4.10. The molecule has 4 atom stereocenters. The van der Waals surface area contributed by atoms with Crippen LogP contribution in [0.5, 0.6) is 0 Å². The van der Waals surface area contributed by atoms with E-state index < -0.39 is 28.6 Å². The van der Waals surface area contributed by atoms with E-state index in [9.17, 15) is 15.8 Å². The number of nitrogens with one attached hydrogen (secondary N) is 2. The molecule has 7 heteroatoms. The second kappa shape index (κ2) is 5.09. The van der Waals surface area contributed by atoms with Gasteiger partial charge in [0, 0.05) is 18.8 Å². The highest BCUT2D eigenvalue weighted by Gasteiger charge is 2.79. The average molecular weight is 323 g/mol. The monoisotopic (exact) mass is 323 g/mol. The lowest BCUT2D eigenvalue weighted by Crippen LogP contribution is -2.58. The van der Waals surface area contributed by atoms with Gasteiger partial charge < -0.3 is 14.5 Å². The summed E-state index contributed by atoms with van der Waals surface area (Å²) in [5.74, 6) is -2.16. The Morgan fingerprint density at radius 1 is 1.29 bits per heavy atom. The van der Waals surface area contributed by atoms with E-state index in [4.69, 9.17) is 14.9 Å². The minimum absolute atomic E-state index is 0.358. The van der Waals surface area contributed by atoms with E-state index in [1.807, 2.05) is 19.1 Å². The molecule has 2 saturated heterocycles. The molecule has 1 aromatic rings. The smallest absolute Gasteiger partial charge is 0.214 e. The first-order valence-corrected chi connectivity index (χ1v) is 7.78. The van der Waals surface area contributed by atoms with Gasteiger partial charge in [0.05, 0.1) is 24.1 Å². The van der Waals surface area contributed by atoms with Crippen LogP contribution in [0.2, 0.25) is 0 Å². The summed E-state index contributed by atoms with van der Waals surface area (Å²) in [4.78, 5) is 2.96. The maximum absolute atomic E-state index is 10.0. The number of rotatable bonds is 3. The minimum Gasteiger partial charge on any atom is -0.448 e. The van der Waals surface area contributed by atoms with Gasteiger partial charge in [-0.25, -0.2) is 0 Å². The van der Waals surface area contributed by atoms with Gasteiger partial charge in [-0.3, -0.25) is 5.41 Å². The predicted molar refractivity (Wildman–Crippen MR) is 81.9 cm³/mol. The molecule has 2 aliphatic rings. The van der Waals surface area contributed by atoms with Crippen molar-refractivity contribution in [1.29, 1.82) is 21.2 Å². The Hall–Kier alpha value is -2.82. The van der Waals surface area contributed by atoms with E-state index in [2.05, 4.69) is 11.1 Å². The molecule has 122 valence electrons. The van der Waals surface area contributed by atoms with E-state index in [-0.39, 0.29) is 5.90 Å². The highest BCUT2D eigenvalue weighted by molar-refractivity contribution is 5.89. The molecule has 2 fully saturated rings. The van der Waals surface area contributed by atoms with Crippen LogP contribution < -0.4 is 0 Å². The maximum Gasteiger partial charge on any atom is 0.214 e. The largest absolute Gasteiger partial charge is 0.448 e. The minimum atomic E-state index is -1.88. The van der Waals surface area contributed by atoms with Gasteiger partial charge >= 0.3 is 0 Å². The lowest BCUT2D eigenvalue weighted by molar-refractivity contribution is -0.274. The second-order valence-electron chi connectivity index (χ2n) is 6.36. The Kier molecular flexibility index (Phi) is 3.41. The van der Waals surface area contributed by atoms with Gasteiger partial charge in [0.2, 0.25) is 17.1 Å². The van der Waals surface area contributed by atoms with Gasteiger partial charge in [-0.05, 0) is 18.6 Å². The standard InChI is InChI=1S/C17H17N5O2/c1-3-5-12-15(2)23-13(11-6-4-7-22-11)16(8-18,9-19)17(12,10-20)14(21)24-15/h4,6-7,12-13,21-22H,3,5H2,1-2H3. The lowest BCUT2D eigenvalue weighted by atomic mass is 9.53. The summed E-state index contributed by atoms with van der Waals surface area (Å²) in [6.07, 6.45) is 1.87. The van der Waals surface area contributed by atoms with Gasteiger partial charge in [0.15, 0.2) is 5.41 Å². The fraction of sp³-hybridized carbons (Fsp3) is 0.529. The number of aromatic amines is 1. The second-order valence-corrected chi connectivity index (χ2v) is 6.36. The molecule has 2 N–H and O–H groups in total. The van der Waals surface area contributed by atoms with Crippen LogP contribution in [-0.2, 0) is 9.47 Å². The zero-order valence-electron chi connectivity index (χ0n) is 13.5. The molecular formula is C17H17N5O2. The number of hydrogen-bond donors (Lipinski definition) is 2. The normalized spacial score (nSPS) is 36.2. The van der Waals surface area contributed by atoms with Crippen molar-refractivity contribution in [3.8, 4) is 18.2 Å². The van der Waals surface area contributed by atoms with E-state index in [0.717, 1.165) is 0 Å². The van der Waals surface area contributed by atoms with Crippen molar-refractivity contribution < 1.29 is 9.47 Å². The van der Waals surface area contributed by atoms with Crippen molar-refractivity contribution in [3.05, 3.63) is 24.0 Å². The number of fused-ring (bicyclic) bond motifs is 2. The van der Waals surface area contributed by atoms with Crippen molar-refractivity contribution in [2.75, 3.05) is 0 Å². The van der Waals surface area contributed by atoms with Crippen LogP contribution in [0.25, 0.3) is 0 Å². The third kappa shape index (κ3) is 1.59. The van der Waals surface area contributed by atoms with E-state index in [0.29, 0.717) is 18.5 Å². The average Bonchev–Trinajstić information content (AvgIpc) is 3.15. The molecule has 7 nitrogen and oxygen atoms in total. The quantitative estimate of drug-likeness (QED) is 0.883. The molecule has 0 saturated carbocycles. The molecule has 0 radical (unpaired) electrons. The fourth-order valence-electron chi connectivity index (χ4n) is 4.10. The van der Waals surface area contributed by atoms with Crippen LogP contribution in [0.4, 0.5) is 0 Å². The lowest BCUT2D eigenvalue weighted by Gasteiger charge is -2.48. The Bertz CT molecular complexity index is 782. The molecule has 2 aliphatic heterocycles. The Morgan fingerprint density at radius 2 is 2.00 bits per heavy atom. The number of ether oxygens (including phenoxy) is 2. The van der Waals surface area contributed by atoms with Crippen molar-refractivity contribution in [2.24, 2.45) is 16.7 Å². The molecule has 4 unspecified atom stereocenters. The molecule has 0 aromatic carbocycles. The molecule has 3 heterocycles. The molecule has 3 rings (SSSR count). The molecule has 0 amide bonds. The summed E-state index contributed by atoms with van der Waals surface area (Å²) in [5, 5.41) is 38.2. The summed E-state index contributed by atoms with van der Waals surface area (Å²) in [5.41, 5.74) is -3.04. The topological polar surface area (TPSA) is 129 Å². The Labute approximate surface area is 139 Å². The summed E-state index contributed by atoms with van der Waals surface area (Å²) in [6.45, 7) is 3.62. The van der Waals surface area contributed by atoms with Crippen molar-refractivity contribution >= 4 is 5.90 Å². The zero-order chi connectivity index (χ0) is 17.6. The SMILES string of the molecule is CCCC1C2(C)OC(=N)C1(C#N)C(C#N)(C#N)C(c1ccc[nH]1)O2. The van der Waals surface area contributed by atoms with Crippen LogP contribution in [0.1, 0.15) is 38.5 Å². The predicted octanol–water partition coefficient (Wildman–Crippen LogP) is 2.77. The zero-order valence-corrected chi connectivity index (χ0v) is 13.5. The number of nitriles is 3. The van der Waals surface area contributed by atoms with Crippen LogP contribution in [0.3, 0.4) is 0 Å². The molecule has 1 aromatic heterocycles. The van der Waals surface area contributed by atoms with Crippen LogP contribution in [-0.4, -0.2) is 16.7 Å².